The molecule has 1 saturated carbocycles. The number of nitrogen functional groups attached to an aromatic ring is 1. The summed E-state index contributed by atoms with van der Waals surface area (Å²) in [4.78, 5) is 4.31. The molecule has 2 rings (SSSR count). The maximum atomic E-state index is 5.70. The van der Waals surface area contributed by atoms with Crippen molar-refractivity contribution >= 4 is 5.82 Å². The molecule has 1 fully saturated rings. The van der Waals surface area contributed by atoms with E-state index in [1.54, 1.807) is 0 Å². The molecule has 1 aromatic heterocycles. The van der Waals surface area contributed by atoms with Crippen LogP contribution in [-0.2, 0) is 0 Å². The van der Waals surface area contributed by atoms with Gasteiger partial charge in [0.2, 0.25) is 0 Å². The first-order valence-electron chi connectivity index (χ1n) is 4.42. The van der Waals surface area contributed by atoms with Gasteiger partial charge >= 0.3 is 0 Å². The molecular weight excluding hydrogens is 148 g/mol. The fraction of sp³-hybridized carbons (Fsp3) is 0.500. The molecule has 2 N–H and O–H groups in total. The summed E-state index contributed by atoms with van der Waals surface area (Å²) in [6.45, 7) is 4.07. The van der Waals surface area contributed by atoms with Gasteiger partial charge in [0.25, 0.3) is 0 Å². The van der Waals surface area contributed by atoms with Gasteiger partial charge in [0.1, 0.15) is 5.82 Å². The topological polar surface area (TPSA) is 38.9 Å². The summed E-state index contributed by atoms with van der Waals surface area (Å²) in [6.07, 6.45) is 2.65. The van der Waals surface area contributed by atoms with Gasteiger partial charge in [0, 0.05) is 5.69 Å². The molecule has 0 saturated heterocycles. The number of nitrogens with zero attached hydrogens (tertiary/aromatic N) is 1. The summed E-state index contributed by atoms with van der Waals surface area (Å²) >= 11 is 0. The van der Waals surface area contributed by atoms with Gasteiger partial charge in [-0.3, -0.25) is 0 Å². The third-order valence-corrected chi connectivity index (χ3v) is 2.50. The van der Waals surface area contributed by atoms with E-state index in [4.69, 9.17) is 5.73 Å². The SMILES string of the molecule is Cc1cc(C2CC2)c(C)nc1N. The Kier molecular flexibility index (Phi) is 1.56. The molecule has 64 valence electrons. The second-order valence-corrected chi connectivity index (χ2v) is 3.64. The Labute approximate surface area is 72.8 Å². The molecule has 2 nitrogen and oxygen atoms in total. The van der Waals surface area contributed by atoms with Crippen molar-refractivity contribution in [3.05, 3.63) is 22.9 Å². The van der Waals surface area contributed by atoms with Gasteiger partial charge in [-0.15, -0.1) is 0 Å². The summed E-state index contributed by atoms with van der Waals surface area (Å²) in [5.41, 5.74) is 9.33. The molecule has 2 heteroatoms. The number of rotatable bonds is 1. The predicted octanol–water partition coefficient (Wildman–Crippen LogP) is 2.16. The van der Waals surface area contributed by atoms with Crippen molar-refractivity contribution < 1.29 is 0 Å². The lowest BCUT2D eigenvalue weighted by atomic mass is 10.1. The van der Waals surface area contributed by atoms with Crippen LogP contribution in [0.25, 0.3) is 0 Å². The minimum Gasteiger partial charge on any atom is -0.383 e. The number of pyridine rings is 1. The van der Waals surface area contributed by atoms with Crippen LogP contribution in [-0.4, -0.2) is 4.98 Å². The Hall–Kier alpha value is -1.05. The van der Waals surface area contributed by atoms with Gasteiger partial charge < -0.3 is 5.73 Å². The van der Waals surface area contributed by atoms with Crippen molar-refractivity contribution in [3.8, 4) is 0 Å². The molecule has 1 heterocycles. The smallest absolute Gasteiger partial charge is 0.126 e. The molecule has 0 unspecified atom stereocenters. The van der Waals surface area contributed by atoms with Crippen LogP contribution in [0.4, 0.5) is 5.82 Å². The Morgan fingerprint density at radius 2 is 2.08 bits per heavy atom. The maximum Gasteiger partial charge on any atom is 0.126 e. The first-order chi connectivity index (χ1) is 5.68. The molecule has 0 bridgehead atoms. The third-order valence-electron chi connectivity index (χ3n) is 2.50. The summed E-state index contributed by atoms with van der Waals surface area (Å²) in [7, 11) is 0. The zero-order valence-corrected chi connectivity index (χ0v) is 7.59. The highest BCUT2D eigenvalue weighted by Crippen LogP contribution is 2.41. The summed E-state index contributed by atoms with van der Waals surface area (Å²) in [5, 5.41) is 0. The van der Waals surface area contributed by atoms with E-state index in [1.165, 1.54) is 18.4 Å². The predicted molar refractivity (Wildman–Crippen MR) is 50.1 cm³/mol. The zero-order valence-electron chi connectivity index (χ0n) is 7.59. The monoisotopic (exact) mass is 162 g/mol. The lowest BCUT2D eigenvalue weighted by molar-refractivity contribution is 1.03. The minimum absolute atomic E-state index is 0.678. The second-order valence-electron chi connectivity index (χ2n) is 3.64. The first-order valence-corrected chi connectivity index (χ1v) is 4.42. The molecule has 1 aliphatic rings. The van der Waals surface area contributed by atoms with Crippen LogP contribution in [0.3, 0.4) is 0 Å². The number of aryl methyl sites for hydroxylation is 2. The highest BCUT2D eigenvalue weighted by atomic mass is 14.8. The maximum absolute atomic E-state index is 5.70. The highest BCUT2D eigenvalue weighted by molar-refractivity contribution is 5.44. The Bertz CT molecular complexity index is 314. The number of hydrogen-bond donors (Lipinski definition) is 1. The molecule has 0 radical (unpaired) electrons. The molecule has 1 aromatic rings. The van der Waals surface area contributed by atoms with E-state index in [0.29, 0.717) is 5.82 Å². The van der Waals surface area contributed by atoms with Gasteiger partial charge in [-0.1, -0.05) is 6.07 Å². The molecule has 12 heavy (non-hydrogen) atoms. The second kappa shape index (κ2) is 2.47. The lowest BCUT2D eigenvalue weighted by Crippen LogP contribution is -1.99. The fourth-order valence-electron chi connectivity index (χ4n) is 1.55. The van der Waals surface area contributed by atoms with Crippen molar-refractivity contribution in [2.24, 2.45) is 0 Å². The standard InChI is InChI=1S/C10H14N2/c1-6-5-9(8-3-4-8)7(2)12-10(6)11/h5,8H,3-4H2,1-2H3,(H2,11,12). The van der Waals surface area contributed by atoms with Crippen molar-refractivity contribution in [1.82, 2.24) is 4.98 Å². The van der Waals surface area contributed by atoms with Crippen LogP contribution < -0.4 is 5.73 Å². The summed E-state index contributed by atoms with van der Waals surface area (Å²) in [5.74, 6) is 1.45. The lowest BCUT2D eigenvalue weighted by Gasteiger charge is -2.06. The molecule has 1 aliphatic carbocycles. The molecule has 0 atom stereocenters. The Morgan fingerprint density at radius 3 is 2.67 bits per heavy atom. The van der Waals surface area contributed by atoms with Crippen LogP contribution in [0.15, 0.2) is 6.07 Å². The number of aromatic nitrogens is 1. The normalized spacial score (nSPS) is 16.5. The molecule has 0 aliphatic heterocycles. The van der Waals surface area contributed by atoms with Gasteiger partial charge in [0.05, 0.1) is 0 Å². The van der Waals surface area contributed by atoms with Crippen LogP contribution >= 0.6 is 0 Å². The average Bonchev–Trinajstić information content (AvgIpc) is 2.79. The quantitative estimate of drug-likeness (QED) is 0.687. The molecule has 0 spiro atoms. The molecule has 0 aromatic carbocycles. The number of anilines is 1. The summed E-state index contributed by atoms with van der Waals surface area (Å²) < 4.78 is 0. The van der Waals surface area contributed by atoms with Gasteiger partial charge in [-0.25, -0.2) is 4.98 Å². The first kappa shape index (κ1) is 7.59. The van der Waals surface area contributed by atoms with Crippen molar-refractivity contribution in [2.45, 2.75) is 32.6 Å². The van der Waals surface area contributed by atoms with Crippen LogP contribution in [0.5, 0.6) is 0 Å². The Morgan fingerprint density at radius 1 is 1.42 bits per heavy atom. The van der Waals surface area contributed by atoms with E-state index in [2.05, 4.69) is 11.1 Å². The van der Waals surface area contributed by atoms with E-state index in [-0.39, 0.29) is 0 Å². The van der Waals surface area contributed by atoms with E-state index in [9.17, 15) is 0 Å². The van der Waals surface area contributed by atoms with E-state index in [0.717, 1.165) is 17.2 Å². The van der Waals surface area contributed by atoms with Gasteiger partial charge in [-0.05, 0) is 43.7 Å². The van der Waals surface area contributed by atoms with Crippen LogP contribution in [0, 0.1) is 13.8 Å². The van der Waals surface area contributed by atoms with Gasteiger partial charge in [0.15, 0.2) is 0 Å². The number of hydrogen-bond acceptors (Lipinski definition) is 2. The Balaban J connectivity index is 2.47. The average molecular weight is 162 g/mol. The fourth-order valence-corrected chi connectivity index (χ4v) is 1.55. The van der Waals surface area contributed by atoms with Crippen molar-refractivity contribution in [2.75, 3.05) is 5.73 Å². The number of nitrogens with two attached hydrogens (primary N) is 1. The van der Waals surface area contributed by atoms with E-state index in [1.807, 2.05) is 13.8 Å². The largest absolute Gasteiger partial charge is 0.383 e. The van der Waals surface area contributed by atoms with Crippen LogP contribution in [0.1, 0.15) is 35.6 Å². The van der Waals surface area contributed by atoms with E-state index >= 15 is 0 Å². The molecular formula is C10H14N2. The van der Waals surface area contributed by atoms with Gasteiger partial charge in [-0.2, -0.15) is 0 Å². The van der Waals surface area contributed by atoms with Crippen LogP contribution in [0.2, 0.25) is 0 Å². The zero-order chi connectivity index (χ0) is 8.72. The third kappa shape index (κ3) is 1.17. The minimum atomic E-state index is 0.678. The summed E-state index contributed by atoms with van der Waals surface area (Å²) in [6, 6.07) is 2.19. The van der Waals surface area contributed by atoms with Crippen molar-refractivity contribution in [1.29, 1.82) is 0 Å². The van der Waals surface area contributed by atoms with E-state index < -0.39 is 0 Å². The van der Waals surface area contributed by atoms with Crippen molar-refractivity contribution in [3.63, 3.8) is 0 Å². The highest BCUT2D eigenvalue weighted by Gasteiger charge is 2.25. The molecule has 0 amide bonds.